The van der Waals surface area contributed by atoms with E-state index < -0.39 is 0 Å². The fourth-order valence-corrected chi connectivity index (χ4v) is 12.2. The number of pyridine rings is 2. The van der Waals surface area contributed by atoms with E-state index in [1.54, 1.807) is 48.3 Å². The van der Waals surface area contributed by atoms with Gasteiger partial charge in [-0.15, -0.1) is 0 Å². The lowest BCUT2D eigenvalue weighted by atomic mass is 9.83. The highest BCUT2D eigenvalue weighted by Gasteiger charge is 2.40. The van der Waals surface area contributed by atoms with Gasteiger partial charge in [-0.25, -0.2) is 4.90 Å². The van der Waals surface area contributed by atoms with Crippen molar-refractivity contribution in [1.82, 2.24) is 9.97 Å². The van der Waals surface area contributed by atoms with Gasteiger partial charge in [0, 0.05) is 122 Å². The molecule has 8 aromatic carbocycles. The monoisotopic (exact) mass is 952 g/mol. The molecule has 0 atom stereocenters. The highest BCUT2D eigenvalue weighted by molar-refractivity contribution is 8.00. The first-order valence-corrected chi connectivity index (χ1v) is 25.3. The first kappa shape index (κ1) is 45.1. The van der Waals surface area contributed by atoms with Crippen molar-refractivity contribution < 1.29 is 9.59 Å². The van der Waals surface area contributed by atoms with Crippen LogP contribution in [-0.2, 0) is 0 Å². The largest absolute Gasteiger partial charge is 0.378 e. The number of rotatable bonds is 12. The average molecular weight is 953 g/mol. The number of nitrogens with zero attached hydrogens (tertiary/aromatic N) is 6. The van der Waals surface area contributed by atoms with Crippen LogP contribution < -0.4 is 19.6 Å². The maximum atomic E-state index is 15.7. The quantitative estimate of drug-likeness (QED) is 0.0676. The fourth-order valence-electron chi connectivity index (χ4n) is 10.2. The van der Waals surface area contributed by atoms with Crippen LogP contribution in [0.1, 0.15) is 71.4 Å². The van der Waals surface area contributed by atoms with Gasteiger partial charge in [-0.05, 0) is 130 Å². The summed E-state index contributed by atoms with van der Waals surface area (Å²) in [5, 5.41) is 7.87. The normalized spacial score (nSPS) is 12.7. The molecule has 0 saturated heterocycles. The molecule has 346 valence electrons. The van der Waals surface area contributed by atoms with Crippen LogP contribution in [0.15, 0.2) is 178 Å². The predicted octanol–water partition coefficient (Wildman–Crippen LogP) is 15.5. The number of carbonyl (C=O) groups excluding carboxylic acids is 2. The number of benzene rings is 8. The summed E-state index contributed by atoms with van der Waals surface area (Å²) in [6.07, 6.45) is 7.23. The minimum atomic E-state index is -0.313. The molecule has 0 aliphatic carbocycles. The summed E-state index contributed by atoms with van der Waals surface area (Å²) in [6.45, 7) is 8.49. The third kappa shape index (κ3) is 7.48. The van der Waals surface area contributed by atoms with Gasteiger partial charge in [0.05, 0.1) is 22.5 Å². The smallest absolute Gasteiger partial charge is 0.266 e. The van der Waals surface area contributed by atoms with Crippen molar-refractivity contribution >= 4 is 113 Å². The molecule has 0 unspecified atom stereocenters. The van der Waals surface area contributed by atoms with Gasteiger partial charge in [-0.1, -0.05) is 93.7 Å². The SMILES string of the molecule is CC(C)c1cccc(C(C)C)c1N1C(=O)c2cc(Sc3ccncc3)c3c4cccc5c(N(c6ccc(N(C)C)cc6)c6ccc(N(C)C)cc6)ccc(c6c(Sc7ccncc7)cc(c2c36)C1=O)c54. The Morgan fingerprint density at radius 2 is 0.886 bits per heavy atom. The highest BCUT2D eigenvalue weighted by Crippen LogP contribution is 2.54. The van der Waals surface area contributed by atoms with Gasteiger partial charge in [0.15, 0.2) is 0 Å². The Kier molecular flexibility index (Phi) is 11.5. The molecule has 0 radical (unpaired) electrons. The van der Waals surface area contributed by atoms with Crippen LogP contribution in [0.4, 0.5) is 34.1 Å². The number of para-hydroxylation sites is 1. The first-order chi connectivity index (χ1) is 33.9. The average Bonchev–Trinajstić information content (AvgIpc) is 3.36. The summed E-state index contributed by atoms with van der Waals surface area (Å²) in [4.78, 5) is 52.0. The second-order valence-corrected chi connectivity index (χ2v) is 21.2. The number of hydrogen-bond donors (Lipinski definition) is 0. The molecule has 10 aromatic rings. The highest BCUT2D eigenvalue weighted by atomic mass is 32.2. The van der Waals surface area contributed by atoms with Crippen LogP contribution in [0.3, 0.4) is 0 Å². The summed E-state index contributed by atoms with van der Waals surface area (Å²) in [6, 6.07) is 46.8. The van der Waals surface area contributed by atoms with Crippen molar-refractivity contribution in [3.63, 3.8) is 0 Å². The number of fused-ring (bicyclic) bond motifs is 2. The van der Waals surface area contributed by atoms with Crippen LogP contribution in [0.2, 0.25) is 0 Å². The summed E-state index contributed by atoms with van der Waals surface area (Å²) < 4.78 is 0. The third-order valence-electron chi connectivity index (χ3n) is 13.6. The maximum absolute atomic E-state index is 15.7. The van der Waals surface area contributed by atoms with E-state index in [-0.39, 0.29) is 23.7 Å². The molecular formula is C60H52N6O2S2. The lowest BCUT2D eigenvalue weighted by molar-refractivity contribution is 0.0892. The Balaban J connectivity index is 1.26. The lowest BCUT2D eigenvalue weighted by Crippen LogP contribution is -2.42. The number of aromatic nitrogens is 2. The van der Waals surface area contributed by atoms with E-state index in [2.05, 4.69) is 184 Å². The van der Waals surface area contributed by atoms with E-state index in [0.29, 0.717) is 22.2 Å². The molecule has 10 heteroatoms. The Labute approximate surface area is 417 Å². The maximum Gasteiger partial charge on any atom is 0.266 e. The van der Waals surface area contributed by atoms with Gasteiger partial charge >= 0.3 is 0 Å². The van der Waals surface area contributed by atoms with Crippen molar-refractivity contribution in [1.29, 1.82) is 0 Å². The summed E-state index contributed by atoms with van der Waals surface area (Å²) in [7, 11) is 8.24. The molecule has 1 aliphatic rings. The second-order valence-electron chi connectivity index (χ2n) is 19.0. The number of amides is 2. The van der Waals surface area contributed by atoms with Gasteiger partial charge in [0.25, 0.3) is 11.8 Å². The van der Waals surface area contributed by atoms with Crippen molar-refractivity contribution in [3.8, 4) is 0 Å². The predicted molar refractivity (Wildman–Crippen MR) is 293 cm³/mol. The molecule has 2 aromatic heterocycles. The molecule has 0 bridgehead atoms. The van der Waals surface area contributed by atoms with Gasteiger partial charge in [0.2, 0.25) is 0 Å². The van der Waals surface area contributed by atoms with Crippen molar-refractivity contribution in [2.24, 2.45) is 0 Å². The van der Waals surface area contributed by atoms with E-state index in [4.69, 9.17) is 0 Å². The fraction of sp³-hybridized carbons (Fsp3) is 0.167. The molecule has 0 fully saturated rings. The number of imide groups is 1. The van der Waals surface area contributed by atoms with E-state index >= 15 is 9.59 Å². The van der Waals surface area contributed by atoms with E-state index in [1.807, 2.05) is 30.3 Å². The Morgan fingerprint density at radius 3 is 1.34 bits per heavy atom. The third-order valence-corrected chi connectivity index (χ3v) is 15.7. The number of carbonyl (C=O) groups is 2. The zero-order valence-electron chi connectivity index (χ0n) is 40.5. The Hall–Kier alpha value is -7.40. The number of hydrogen-bond acceptors (Lipinski definition) is 9. The first-order valence-electron chi connectivity index (χ1n) is 23.7. The van der Waals surface area contributed by atoms with Gasteiger partial charge in [0.1, 0.15) is 0 Å². The van der Waals surface area contributed by atoms with E-state index in [0.717, 1.165) is 96.8 Å². The van der Waals surface area contributed by atoms with Crippen molar-refractivity contribution in [2.75, 3.05) is 47.8 Å². The molecule has 2 amide bonds. The van der Waals surface area contributed by atoms with Crippen molar-refractivity contribution in [2.45, 2.75) is 59.1 Å². The molecule has 3 heterocycles. The molecule has 0 saturated carbocycles. The van der Waals surface area contributed by atoms with Crippen molar-refractivity contribution in [3.05, 3.63) is 181 Å². The van der Waals surface area contributed by atoms with E-state index in [1.165, 1.54) is 4.90 Å². The molecule has 11 rings (SSSR count). The molecule has 1 aliphatic heterocycles. The molecule has 0 spiro atoms. The topological polar surface area (TPSA) is 72.9 Å². The lowest BCUT2D eigenvalue weighted by Gasteiger charge is -2.34. The molecule has 70 heavy (non-hydrogen) atoms. The van der Waals surface area contributed by atoms with Crippen LogP contribution >= 0.6 is 23.5 Å². The Bertz CT molecular complexity index is 3460. The zero-order chi connectivity index (χ0) is 48.5. The molecule has 8 nitrogen and oxygen atoms in total. The minimum absolute atomic E-state index is 0.0642. The Morgan fingerprint density at radius 1 is 0.457 bits per heavy atom. The van der Waals surface area contributed by atoms with Crippen LogP contribution in [0.25, 0.3) is 43.1 Å². The van der Waals surface area contributed by atoms with Gasteiger partial charge in [-0.2, -0.15) is 0 Å². The zero-order valence-corrected chi connectivity index (χ0v) is 42.1. The van der Waals surface area contributed by atoms with Crippen LogP contribution in [-0.4, -0.2) is 50.0 Å². The standard InChI is InChI=1S/C60H52N6O2S2/c1-35(2)43-11-9-12-44(36(3)4)58(43)66-59(67)48-33-51(69-41-25-29-61-30-26-41)55-46-14-10-13-45-50(65(39-19-15-37(16-20-39)63(5)6)40-21-17-38(18-22-40)64(7)8)24-23-47(53(45)46)56-52(70-42-27-31-62-32-28-42)34-49(60(66)68)54(48)57(55)56/h9-36H,1-8H3. The molecule has 0 N–H and O–H groups in total. The summed E-state index contributed by atoms with van der Waals surface area (Å²) in [5.74, 6) is -0.498. The summed E-state index contributed by atoms with van der Waals surface area (Å²) in [5.41, 5.74) is 8.97. The second kappa shape index (κ2) is 17.8. The van der Waals surface area contributed by atoms with Crippen LogP contribution in [0, 0.1) is 0 Å². The number of anilines is 6. The minimum Gasteiger partial charge on any atom is -0.378 e. The van der Waals surface area contributed by atoms with E-state index in [9.17, 15) is 0 Å². The molecular weight excluding hydrogens is 901 g/mol. The summed E-state index contributed by atoms with van der Waals surface area (Å²) >= 11 is 3.25. The van der Waals surface area contributed by atoms with Gasteiger partial charge in [-0.3, -0.25) is 19.6 Å². The van der Waals surface area contributed by atoms with Gasteiger partial charge < -0.3 is 14.7 Å². The van der Waals surface area contributed by atoms with Crippen LogP contribution in [0.5, 0.6) is 0 Å².